The van der Waals surface area contributed by atoms with Gasteiger partial charge in [-0.2, -0.15) is 0 Å². The van der Waals surface area contributed by atoms with Crippen molar-refractivity contribution < 1.29 is 67.4 Å². The number of fused-ring (bicyclic) bond motifs is 3. The van der Waals surface area contributed by atoms with E-state index in [-0.39, 0.29) is 55.4 Å². The summed E-state index contributed by atoms with van der Waals surface area (Å²) < 4.78 is 32.3. The first-order valence-corrected chi connectivity index (χ1v) is 20.0. The molecule has 3 aliphatic rings. The Morgan fingerprint density at radius 3 is 2.10 bits per heavy atom. The molecule has 2 fully saturated rings. The summed E-state index contributed by atoms with van der Waals surface area (Å²) in [6.07, 6.45) is -2.45. The van der Waals surface area contributed by atoms with E-state index in [9.17, 15) is 34.2 Å². The Kier molecular flexibility index (Phi) is 13.2. The summed E-state index contributed by atoms with van der Waals surface area (Å²) in [5, 5.41) is 21.2. The topological polar surface area (TPSA) is 205 Å². The zero-order valence-corrected chi connectivity index (χ0v) is 34.5. The van der Waals surface area contributed by atoms with Crippen molar-refractivity contribution in [2.24, 2.45) is 11.8 Å². The van der Waals surface area contributed by atoms with Gasteiger partial charge < -0.3 is 38.6 Å². The van der Waals surface area contributed by atoms with Crippen LogP contribution in [0.15, 0.2) is 103 Å². The molecule has 0 aromatic heterocycles. The van der Waals surface area contributed by atoms with Crippen LogP contribution in [0, 0.1) is 23.7 Å². The van der Waals surface area contributed by atoms with Crippen LogP contribution in [0.3, 0.4) is 0 Å². The van der Waals surface area contributed by atoms with E-state index in [2.05, 4.69) is 11.8 Å². The molecule has 4 aromatic carbocycles. The van der Waals surface area contributed by atoms with E-state index < -0.39 is 77.4 Å². The van der Waals surface area contributed by atoms with E-state index in [1.807, 2.05) is 18.2 Å². The van der Waals surface area contributed by atoms with Gasteiger partial charge in [-0.25, -0.2) is 9.69 Å². The summed E-state index contributed by atoms with van der Waals surface area (Å²) in [6.45, 7) is -0.668. The molecule has 0 saturated carbocycles. The Morgan fingerprint density at radius 2 is 1.46 bits per heavy atom. The van der Waals surface area contributed by atoms with Gasteiger partial charge in [0.15, 0.2) is 5.92 Å². The number of methoxy groups -OCH3 is 3. The normalized spacial score (nSPS) is 22.4. The van der Waals surface area contributed by atoms with E-state index in [0.29, 0.717) is 16.7 Å². The molecule has 7 rings (SSSR count). The maximum atomic E-state index is 15.8. The molecular weight excluding hydrogens is 817 g/mol. The van der Waals surface area contributed by atoms with Crippen LogP contribution in [-0.4, -0.2) is 105 Å². The van der Waals surface area contributed by atoms with Crippen molar-refractivity contribution >= 4 is 41.6 Å². The Labute approximate surface area is 362 Å². The van der Waals surface area contributed by atoms with Crippen LogP contribution in [0.25, 0.3) is 0 Å². The number of anilines is 1. The first-order chi connectivity index (χ1) is 30.5. The number of ether oxygens (including phenoxy) is 6. The molecule has 16 heteroatoms. The van der Waals surface area contributed by atoms with Crippen LogP contribution in [0.4, 0.5) is 10.5 Å². The maximum absolute atomic E-state index is 15.8. The van der Waals surface area contributed by atoms with Crippen LogP contribution in [0.5, 0.6) is 5.75 Å². The predicted molar refractivity (Wildman–Crippen MR) is 221 cm³/mol. The summed E-state index contributed by atoms with van der Waals surface area (Å²) in [7, 11) is 3.64. The number of amides is 2. The quantitative estimate of drug-likeness (QED) is 0.0633. The zero-order valence-electron chi connectivity index (χ0n) is 34.5. The summed E-state index contributed by atoms with van der Waals surface area (Å²) in [4.78, 5) is 86.4. The fourth-order valence-electron chi connectivity index (χ4n) is 8.96. The summed E-state index contributed by atoms with van der Waals surface area (Å²) in [5.74, 6) is -2.48. The third-order valence-corrected chi connectivity index (χ3v) is 11.5. The molecule has 6 atom stereocenters. The van der Waals surface area contributed by atoms with Gasteiger partial charge in [0.2, 0.25) is 5.91 Å². The number of cyclic esters (lactones) is 1. The van der Waals surface area contributed by atoms with Gasteiger partial charge in [-0.05, 0) is 52.6 Å². The average Bonchev–Trinajstić information content (AvgIpc) is 3.76. The Morgan fingerprint density at radius 1 is 0.794 bits per heavy atom. The number of aliphatic hydroxyl groups excluding tert-OH is 1. The van der Waals surface area contributed by atoms with Crippen molar-refractivity contribution in [3.8, 4) is 17.6 Å². The molecule has 63 heavy (non-hydrogen) atoms. The monoisotopic (exact) mass is 860 g/mol. The van der Waals surface area contributed by atoms with Crippen molar-refractivity contribution in [1.29, 1.82) is 0 Å². The second-order valence-corrected chi connectivity index (χ2v) is 14.8. The SMILES string of the molecule is COCCOC(=O)N1C(=O)C2(c3cc(C#CCC(C(=O)OC)C(=O)OC)ccc31)C(C(=O)O)C1C(=O)OC(c3ccccc3)C(c3ccccc3)N1C2c1cccc(OCCO)c1. The Hall–Kier alpha value is -7.06. The first-order valence-electron chi connectivity index (χ1n) is 20.0. The molecule has 3 heterocycles. The lowest BCUT2D eigenvalue weighted by molar-refractivity contribution is -0.179. The summed E-state index contributed by atoms with van der Waals surface area (Å²) >= 11 is 0. The molecule has 0 radical (unpaired) electrons. The number of morpholine rings is 1. The van der Waals surface area contributed by atoms with E-state index in [1.54, 1.807) is 71.6 Å². The average molecular weight is 861 g/mol. The molecule has 0 bridgehead atoms. The number of esters is 3. The second kappa shape index (κ2) is 18.9. The number of hydrogen-bond donors (Lipinski definition) is 2. The number of benzene rings is 4. The second-order valence-electron chi connectivity index (χ2n) is 14.8. The smallest absolute Gasteiger partial charge is 0.421 e. The molecule has 6 unspecified atom stereocenters. The van der Waals surface area contributed by atoms with Gasteiger partial charge in [-0.1, -0.05) is 84.6 Å². The van der Waals surface area contributed by atoms with Gasteiger partial charge in [-0.15, -0.1) is 0 Å². The number of carboxylic acid groups (broad SMARTS) is 1. The molecule has 16 nitrogen and oxygen atoms in total. The molecule has 1 spiro atoms. The number of nitrogens with zero attached hydrogens (tertiary/aromatic N) is 2. The van der Waals surface area contributed by atoms with Crippen LogP contribution < -0.4 is 9.64 Å². The molecule has 3 aliphatic heterocycles. The fourth-order valence-corrected chi connectivity index (χ4v) is 8.96. The number of aliphatic carboxylic acids is 1. The number of hydrogen-bond acceptors (Lipinski definition) is 14. The van der Waals surface area contributed by atoms with Crippen LogP contribution in [0.1, 0.15) is 52.4 Å². The zero-order chi connectivity index (χ0) is 44.8. The lowest BCUT2D eigenvalue weighted by Gasteiger charge is -2.46. The molecule has 4 aromatic rings. The van der Waals surface area contributed by atoms with Crippen LogP contribution in [-0.2, 0) is 53.1 Å². The van der Waals surface area contributed by atoms with Crippen molar-refractivity contribution in [3.05, 3.63) is 131 Å². The predicted octanol–water partition coefficient (Wildman–Crippen LogP) is 4.29. The van der Waals surface area contributed by atoms with Gasteiger partial charge >= 0.3 is 30.0 Å². The third kappa shape index (κ3) is 7.98. The summed E-state index contributed by atoms with van der Waals surface area (Å²) in [5.41, 5.74) is -0.506. The molecule has 2 amide bonds. The van der Waals surface area contributed by atoms with E-state index in [4.69, 9.17) is 28.4 Å². The largest absolute Gasteiger partial charge is 0.491 e. The highest BCUT2D eigenvalue weighted by atomic mass is 16.6. The first kappa shape index (κ1) is 44.0. The summed E-state index contributed by atoms with van der Waals surface area (Å²) in [6, 6.07) is 25.1. The molecule has 0 aliphatic carbocycles. The highest BCUT2D eigenvalue weighted by Gasteiger charge is 2.76. The van der Waals surface area contributed by atoms with E-state index in [1.165, 1.54) is 25.3 Å². The van der Waals surface area contributed by atoms with Gasteiger partial charge in [0.05, 0.1) is 45.2 Å². The number of carbonyl (C=O) groups excluding carboxylic acids is 5. The lowest BCUT2D eigenvalue weighted by atomic mass is 9.65. The van der Waals surface area contributed by atoms with Crippen molar-refractivity contribution in [1.82, 2.24) is 4.90 Å². The highest BCUT2D eigenvalue weighted by Crippen LogP contribution is 2.66. The minimum Gasteiger partial charge on any atom is -0.491 e. The third-order valence-electron chi connectivity index (χ3n) is 11.5. The van der Waals surface area contributed by atoms with Crippen LogP contribution in [0.2, 0.25) is 0 Å². The highest BCUT2D eigenvalue weighted by molar-refractivity contribution is 6.23. The standard InChI is InChI=1S/C47H44N2O14/c1-58-24-25-62-46(57)48-35-21-20-28(12-10-19-33(42(53)59-2)43(54)60-3)26-34(35)47(45(48)56)36(41(51)52)38-44(55)63-39(30-15-8-5-9-16-30)37(29-13-6-4-7-14-29)49(38)40(47)31-17-11-18-32(27-31)61-23-22-50/h4-9,11,13-18,20-21,26-27,33,36-40,50H,19,22-25H2,1-3H3,(H,51,52). The van der Waals surface area contributed by atoms with Gasteiger partial charge in [0.1, 0.15) is 42.4 Å². The minimum absolute atomic E-state index is 0.0131. The number of rotatable bonds is 13. The van der Waals surface area contributed by atoms with Gasteiger partial charge in [0.25, 0.3) is 0 Å². The molecule has 326 valence electrons. The molecule has 2 N–H and O–H groups in total. The Bertz CT molecular complexity index is 2430. The van der Waals surface area contributed by atoms with Gasteiger partial charge in [-0.3, -0.25) is 28.9 Å². The lowest BCUT2D eigenvalue weighted by Crippen LogP contribution is -2.53. The van der Waals surface area contributed by atoms with Crippen molar-refractivity contribution in [3.63, 3.8) is 0 Å². The minimum atomic E-state index is -2.29. The van der Waals surface area contributed by atoms with Gasteiger partial charge in [0, 0.05) is 19.1 Å². The number of imide groups is 1. The van der Waals surface area contributed by atoms with E-state index >= 15 is 4.79 Å². The van der Waals surface area contributed by atoms with Crippen molar-refractivity contribution in [2.75, 3.05) is 52.7 Å². The maximum Gasteiger partial charge on any atom is 0.421 e. The molecule has 2 saturated heterocycles. The number of carboxylic acids is 1. The Balaban J connectivity index is 1.53. The molecular formula is C47H44N2O14. The number of aliphatic hydroxyl groups is 1. The number of carbonyl (C=O) groups is 6. The fraction of sp³-hybridized carbons (Fsp3) is 0.319. The van der Waals surface area contributed by atoms with Crippen LogP contribution >= 0.6 is 0 Å². The van der Waals surface area contributed by atoms with E-state index in [0.717, 1.165) is 19.1 Å². The van der Waals surface area contributed by atoms with Crippen molar-refractivity contribution in [2.45, 2.75) is 36.1 Å².